The molecule has 2 aliphatic heterocycles. The molecule has 37 heavy (non-hydrogen) atoms. The van der Waals surface area contributed by atoms with E-state index in [-0.39, 0.29) is 24.1 Å². The van der Waals surface area contributed by atoms with Crippen molar-refractivity contribution in [3.63, 3.8) is 0 Å². The number of hydrogen-bond acceptors (Lipinski definition) is 8. The number of rotatable bonds is 9. The SMILES string of the molecule is O=C1C/C(=C\c2cnn3c(NC4CC4)cc(-c4ccc(C(=O)NCCCN5CCCC5)s4)nc23)C(=O)N1. The van der Waals surface area contributed by atoms with Gasteiger partial charge in [0.15, 0.2) is 5.65 Å². The van der Waals surface area contributed by atoms with Crippen molar-refractivity contribution in [1.29, 1.82) is 0 Å². The van der Waals surface area contributed by atoms with E-state index in [1.807, 2.05) is 18.2 Å². The summed E-state index contributed by atoms with van der Waals surface area (Å²) in [6, 6.07) is 6.10. The first-order valence-electron chi connectivity index (χ1n) is 12.8. The number of nitrogens with zero attached hydrogens (tertiary/aromatic N) is 4. The maximum atomic E-state index is 12.7. The highest BCUT2D eigenvalue weighted by Gasteiger charge is 2.26. The van der Waals surface area contributed by atoms with Gasteiger partial charge in [0.05, 0.1) is 28.1 Å². The molecule has 6 rings (SSSR count). The molecule has 3 aromatic heterocycles. The van der Waals surface area contributed by atoms with Crippen LogP contribution in [0, 0.1) is 0 Å². The van der Waals surface area contributed by atoms with Gasteiger partial charge in [-0.05, 0) is 69.9 Å². The molecule has 1 aliphatic carbocycles. The van der Waals surface area contributed by atoms with Crippen LogP contribution in [-0.2, 0) is 9.59 Å². The quantitative estimate of drug-likeness (QED) is 0.226. The fraction of sp³-hybridized carbons (Fsp3) is 0.423. The third kappa shape index (κ3) is 5.28. The van der Waals surface area contributed by atoms with Gasteiger partial charge in [-0.1, -0.05) is 0 Å². The largest absolute Gasteiger partial charge is 0.367 e. The van der Waals surface area contributed by atoms with Gasteiger partial charge >= 0.3 is 0 Å². The molecule has 0 unspecified atom stereocenters. The molecule has 192 valence electrons. The minimum absolute atomic E-state index is 0.0461. The number of fused-ring (bicyclic) bond motifs is 1. The van der Waals surface area contributed by atoms with Crippen LogP contribution in [0.2, 0.25) is 0 Å². The lowest BCUT2D eigenvalue weighted by Gasteiger charge is -2.14. The molecule has 5 heterocycles. The van der Waals surface area contributed by atoms with Crippen molar-refractivity contribution in [1.82, 2.24) is 30.1 Å². The number of imide groups is 1. The number of hydrogen-bond donors (Lipinski definition) is 3. The molecule has 0 bridgehead atoms. The average Bonchev–Trinajstić information content (AvgIpc) is 3.30. The van der Waals surface area contributed by atoms with E-state index in [4.69, 9.17) is 4.98 Å². The molecule has 0 radical (unpaired) electrons. The van der Waals surface area contributed by atoms with Gasteiger partial charge in [0.1, 0.15) is 5.82 Å². The van der Waals surface area contributed by atoms with E-state index in [9.17, 15) is 14.4 Å². The van der Waals surface area contributed by atoms with Crippen molar-refractivity contribution in [2.24, 2.45) is 0 Å². The standard InChI is InChI=1S/C26H29N7O3S/c34-23-13-16(25(35)31-23)12-17-15-28-33-22(29-18-4-5-18)14-19(30-24(17)33)20-6-7-21(37-20)26(36)27-8-3-11-32-9-1-2-10-32/h6-7,12,14-15,18,29H,1-5,8-11,13H2,(H,27,36)(H,31,34,35)/b16-12+. The maximum Gasteiger partial charge on any atom is 0.261 e. The summed E-state index contributed by atoms with van der Waals surface area (Å²) in [6.07, 6.45) is 9.07. The van der Waals surface area contributed by atoms with E-state index in [0.29, 0.717) is 34.2 Å². The van der Waals surface area contributed by atoms with Gasteiger partial charge in [0, 0.05) is 29.8 Å². The number of aromatic nitrogens is 3. The van der Waals surface area contributed by atoms with Crippen LogP contribution in [0.5, 0.6) is 0 Å². The second-order valence-electron chi connectivity index (χ2n) is 9.83. The minimum Gasteiger partial charge on any atom is -0.367 e. The van der Waals surface area contributed by atoms with Crippen molar-refractivity contribution in [2.45, 2.75) is 44.6 Å². The van der Waals surface area contributed by atoms with E-state index < -0.39 is 0 Å². The van der Waals surface area contributed by atoms with Gasteiger partial charge in [0.2, 0.25) is 5.91 Å². The Hall–Kier alpha value is -3.57. The van der Waals surface area contributed by atoms with Crippen molar-refractivity contribution in [3.05, 3.63) is 40.4 Å². The molecule has 3 fully saturated rings. The molecule has 3 aliphatic rings. The number of carbonyl (C=O) groups excluding carboxylic acids is 3. The molecule has 11 heteroatoms. The first-order chi connectivity index (χ1) is 18.0. The minimum atomic E-state index is -0.383. The Balaban J connectivity index is 1.23. The molecule has 1 saturated carbocycles. The van der Waals surface area contributed by atoms with E-state index in [1.54, 1.807) is 16.8 Å². The van der Waals surface area contributed by atoms with Crippen LogP contribution in [0.3, 0.4) is 0 Å². The van der Waals surface area contributed by atoms with Crippen molar-refractivity contribution in [2.75, 3.05) is 31.5 Å². The molecule has 3 amide bonds. The number of likely N-dealkylation sites (tertiary alicyclic amines) is 1. The molecule has 0 spiro atoms. The van der Waals surface area contributed by atoms with E-state index in [2.05, 4.69) is 25.9 Å². The summed E-state index contributed by atoms with van der Waals surface area (Å²) in [6.45, 7) is 4.01. The lowest BCUT2D eigenvalue weighted by molar-refractivity contribution is -0.124. The number of amides is 3. The third-order valence-electron chi connectivity index (χ3n) is 6.87. The van der Waals surface area contributed by atoms with Gasteiger partial charge in [-0.25, -0.2) is 4.98 Å². The van der Waals surface area contributed by atoms with Gasteiger partial charge in [-0.3, -0.25) is 19.7 Å². The van der Waals surface area contributed by atoms with Gasteiger partial charge in [-0.2, -0.15) is 9.61 Å². The van der Waals surface area contributed by atoms with Gasteiger partial charge < -0.3 is 15.5 Å². The highest BCUT2D eigenvalue weighted by Crippen LogP contribution is 2.32. The normalized spacial score (nSPS) is 19.2. The Labute approximate surface area is 218 Å². The number of carbonyl (C=O) groups is 3. The second kappa shape index (κ2) is 10.1. The number of nitrogens with one attached hydrogen (secondary N) is 3. The predicted octanol–water partition coefficient (Wildman–Crippen LogP) is 2.68. The summed E-state index contributed by atoms with van der Waals surface area (Å²) in [5.41, 5.74) is 2.36. The van der Waals surface area contributed by atoms with E-state index in [0.717, 1.165) is 42.2 Å². The highest BCUT2D eigenvalue weighted by atomic mass is 32.1. The number of thiophene rings is 1. The summed E-state index contributed by atoms with van der Waals surface area (Å²) in [4.78, 5) is 45.3. The summed E-state index contributed by atoms with van der Waals surface area (Å²) in [5.74, 6) is 0.0475. The first kappa shape index (κ1) is 23.8. The Morgan fingerprint density at radius 3 is 2.81 bits per heavy atom. The molecule has 3 N–H and O–H groups in total. The van der Waals surface area contributed by atoms with Crippen LogP contribution >= 0.6 is 11.3 Å². The number of anilines is 1. The Morgan fingerprint density at radius 1 is 1.22 bits per heavy atom. The van der Waals surface area contributed by atoms with E-state index in [1.165, 1.54) is 37.3 Å². The topological polar surface area (TPSA) is 121 Å². The van der Waals surface area contributed by atoms with Gasteiger partial charge in [-0.15, -0.1) is 11.3 Å². The van der Waals surface area contributed by atoms with Crippen LogP contribution in [0.4, 0.5) is 5.82 Å². The maximum absolute atomic E-state index is 12.7. The molecule has 0 atom stereocenters. The summed E-state index contributed by atoms with van der Waals surface area (Å²) in [7, 11) is 0. The summed E-state index contributed by atoms with van der Waals surface area (Å²) < 4.78 is 1.73. The second-order valence-corrected chi connectivity index (χ2v) is 10.9. The smallest absolute Gasteiger partial charge is 0.261 e. The molecule has 0 aromatic carbocycles. The summed E-state index contributed by atoms with van der Waals surface area (Å²) in [5, 5.41) is 13.3. The van der Waals surface area contributed by atoms with Crippen LogP contribution in [0.25, 0.3) is 22.3 Å². The fourth-order valence-corrected chi connectivity index (χ4v) is 5.63. The van der Waals surface area contributed by atoms with Crippen LogP contribution < -0.4 is 16.0 Å². The Morgan fingerprint density at radius 2 is 2.05 bits per heavy atom. The van der Waals surface area contributed by atoms with Crippen LogP contribution in [0.1, 0.15) is 53.8 Å². The highest BCUT2D eigenvalue weighted by molar-refractivity contribution is 7.17. The lowest BCUT2D eigenvalue weighted by atomic mass is 10.1. The van der Waals surface area contributed by atoms with Crippen LogP contribution in [-0.4, -0.2) is 69.4 Å². The third-order valence-corrected chi connectivity index (χ3v) is 7.98. The molecule has 2 saturated heterocycles. The van der Waals surface area contributed by atoms with E-state index >= 15 is 0 Å². The predicted molar refractivity (Wildman–Crippen MR) is 141 cm³/mol. The zero-order valence-corrected chi connectivity index (χ0v) is 21.3. The lowest BCUT2D eigenvalue weighted by Crippen LogP contribution is -2.28. The zero-order valence-electron chi connectivity index (χ0n) is 20.5. The average molecular weight is 520 g/mol. The molecular weight excluding hydrogens is 490 g/mol. The van der Waals surface area contributed by atoms with Crippen molar-refractivity contribution >= 4 is 46.6 Å². The Kier molecular flexibility index (Phi) is 6.47. The molecular formula is C26H29N7O3S. The first-order valence-corrected chi connectivity index (χ1v) is 13.7. The monoisotopic (exact) mass is 519 g/mol. The zero-order chi connectivity index (χ0) is 25.4. The molecule has 3 aromatic rings. The van der Waals surface area contributed by atoms with Crippen molar-refractivity contribution in [3.8, 4) is 10.6 Å². The van der Waals surface area contributed by atoms with Gasteiger partial charge in [0.25, 0.3) is 11.8 Å². The molecule has 10 nitrogen and oxygen atoms in total. The fourth-order valence-electron chi connectivity index (χ4n) is 4.75. The van der Waals surface area contributed by atoms with Crippen LogP contribution in [0.15, 0.2) is 30.0 Å². The Bertz CT molecular complexity index is 1400. The summed E-state index contributed by atoms with van der Waals surface area (Å²) >= 11 is 1.40. The van der Waals surface area contributed by atoms with Crippen molar-refractivity contribution < 1.29 is 14.4 Å².